The van der Waals surface area contributed by atoms with E-state index >= 15 is 0 Å². The van der Waals surface area contributed by atoms with Gasteiger partial charge in [0.25, 0.3) is 5.91 Å². The summed E-state index contributed by atoms with van der Waals surface area (Å²) in [6.45, 7) is 6.79. The van der Waals surface area contributed by atoms with Crippen LogP contribution in [0.15, 0.2) is 84.9 Å². The number of rotatable bonds is 7. The van der Waals surface area contributed by atoms with E-state index in [4.69, 9.17) is 0 Å². The molecule has 1 N–H and O–H groups in total. The SMILES string of the molecule is O=C(Nc1ccc(CN2CCN(Cc3ccccc3)CC2)cc1)C1CCCN1C(=O)c1ccccc1. The molecule has 36 heavy (non-hydrogen) atoms. The van der Waals surface area contributed by atoms with Gasteiger partial charge in [-0.25, -0.2) is 0 Å². The molecule has 0 bridgehead atoms. The molecule has 2 aliphatic heterocycles. The number of hydrogen-bond donors (Lipinski definition) is 1. The molecule has 2 saturated heterocycles. The Bertz CT molecular complexity index is 1140. The van der Waals surface area contributed by atoms with Crippen LogP contribution in [0.3, 0.4) is 0 Å². The first-order chi connectivity index (χ1) is 17.7. The van der Waals surface area contributed by atoms with E-state index < -0.39 is 6.04 Å². The Morgan fingerprint density at radius 1 is 0.694 bits per heavy atom. The highest BCUT2D eigenvalue weighted by Gasteiger charge is 2.34. The third-order valence-electron chi connectivity index (χ3n) is 7.18. The predicted molar refractivity (Wildman–Crippen MR) is 143 cm³/mol. The fourth-order valence-electron chi connectivity index (χ4n) is 5.15. The summed E-state index contributed by atoms with van der Waals surface area (Å²) < 4.78 is 0. The molecule has 3 aromatic rings. The van der Waals surface area contributed by atoms with Crippen molar-refractivity contribution in [1.82, 2.24) is 14.7 Å². The van der Waals surface area contributed by atoms with Crippen LogP contribution in [0.1, 0.15) is 34.3 Å². The number of piperazine rings is 1. The van der Waals surface area contributed by atoms with Gasteiger partial charge in [0.2, 0.25) is 5.91 Å². The lowest BCUT2D eigenvalue weighted by Crippen LogP contribution is -2.45. The standard InChI is InChI=1S/C30H34N4O2/c35-29(28-12-7-17-34(28)30(36)26-10-5-2-6-11-26)31-27-15-13-25(14-16-27)23-33-20-18-32(19-21-33)22-24-8-3-1-4-9-24/h1-6,8-11,13-16,28H,7,12,17-23H2,(H,31,35). The molecule has 2 heterocycles. The summed E-state index contributed by atoms with van der Waals surface area (Å²) in [6, 6.07) is 27.5. The lowest BCUT2D eigenvalue weighted by atomic mass is 10.1. The summed E-state index contributed by atoms with van der Waals surface area (Å²) in [5.41, 5.74) is 4.01. The first-order valence-corrected chi connectivity index (χ1v) is 12.9. The second-order valence-electron chi connectivity index (χ2n) is 9.75. The molecule has 2 aliphatic rings. The Kier molecular flexibility index (Phi) is 7.74. The van der Waals surface area contributed by atoms with Gasteiger partial charge >= 0.3 is 0 Å². The van der Waals surface area contributed by atoms with Crippen LogP contribution in [-0.4, -0.2) is 65.3 Å². The minimum Gasteiger partial charge on any atom is -0.327 e. The summed E-state index contributed by atoms with van der Waals surface area (Å²) in [5.74, 6) is -0.188. The highest BCUT2D eigenvalue weighted by atomic mass is 16.2. The van der Waals surface area contributed by atoms with E-state index in [0.29, 0.717) is 18.5 Å². The maximum absolute atomic E-state index is 13.0. The lowest BCUT2D eigenvalue weighted by Gasteiger charge is -2.34. The zero-order valence-corrected chi connectivity index (χ0v) is 20.7. The van der Waals surface area contributed by atoms with Crippen molar-refractivity contribution in [3.8, 4) is 0 Å². The quantitative estimate of drug-likeness (QED) is 0.547. The van der Waals surface area contributed by atoms with E-state index in [0.717, 1.165) is 51.4 Å². The monoisotopic (exact) mass is 482 g/mol. The smallest absolute Gasteiger partial charge is 0.254 e. The van der Waals surface area contributed by atoms with Crippen LogP contribution < -0.4 is 5.32 Å². The van der Waals surface area contributed by atoms with Gasteiger partial charge in [0.05, 0.1) is 0 Å². The number of nitrogens with zero attached hydrogens (tertiary/aromatic N) is 3. The summed E-state index contributed by atoms with van der Waals surface area (Å²) >= 11 is 0. The van der Waals surface area contributed by atoms with E-state index in [9.17, 15) is 9.59 Å². The van der Waals surface area contributed by atoms with Gasteiger partial charge in [-0.05, 0) is 48.2 Å². The molecule has 6 nitrogen and oxygen atoms in total. The maximum atomic E-state index is 13.0. The third-order valence-corrected chi connectivity index (χ3v) is 7.18. The zero-order valence-electron chi connectivity index (χ0n) is 20.7. The highest BCUT2D eigenvalue weighted by Crippen LogP contribution is 2.22. The zero-order chi connectivity index (χ0) is 24.7. The summed E-state index contributed by atoms with van der Waals surface area (Å²) in [7, 11) is 0. The number of likely N-dealkylation sites (tertiary alicyclic amines) is 1. The summed E-state index contributed by atoms with van der Waals surface area (Å²) in [5, 5.41) is 3.03. The van der Waals surface area contributed by atoms with E-state index in [2.05, 4.69) is 57.6 Å². The number of nitrogens with one attached hydrogen (secondary N) is 1. The largest absolute Gasteiger partial charge is 0.327 e. The van der Waals surface area contributed by atoms with E-state index in [1.165, 1.54) is 11.1 Å². The minimum atomic E-state index is -0.426. The van der Waals surface area contributed by atoms with Crippen molar-refractivity contribution in [2.75, 3.05) is 38.0 Å². The highest BCUT2D eigenvalue weighted by molar-refractivity contribution is 6.01. The molecule has 3 aromatic carbocycles. The van der Waals surface area contributed by atoms with Gasteiger partial charge in [0, 0.05) is 57.1 Å². The molecule has 0 radical (unpaired) electrons. The fourth-order valence-corrected chi connectivity index (χ4v) is 5.15. The van der Waals surface area contributed by atoms with Crippen LogP contribution in [0.25, 0.3) is 0 Å². The van der Waals surface area contributed by atoms with E-state index in [1.54, 1.807) is 17.0 Å². The average Bonchev–Trinajstić information content (AvgIpc) is 3.42. The van der Waals surface area contributed by atoms with Gasteiger partial charge in [0.15, 0.2) is 0 Å². The molecule has 6 heteroatoms. The predicted octanol–water partition coefficient (Wildman–Crippen LogP) is 4.25. The number of amides is 2. The molecule has 5 rings (SSSR count). The van der Waals surface area contributed by atoms with Gasteiger partial charge in [-0.1, -0.05) is 60.7 Å². The molecule has 0 aromatic heterocycles. The first kappa shape index (κ1) is 24.2. The number of carbonyl (C=O) groups excluding carboxylic acids is 2. The summed E-state index contributed by atoms with van der Waals surface area (Å²) in [4.78, 5) is 32.6. The van der Waals surface area contributed by atoms with Crippen molar-refractivity contribution in [2.45, 2.75) is 32.0 Å². The van der Waals surface area contributed by atoms with Crippen molar-refractivity contribution in [1.29, 1.82) is 0 Å². The fraction of sp³-hybridized carbons (Fsp3) is 0.333. The molecular formula is C30H34N4O2. The van der Waals surface area contributed by atoms with Crippen molar-refractivity contribution in [3.63, 3.8) is 0 Å². The lowest BCUT2D eigenvalue weighted by molar-refractivity contribution is -0.119. The Morgan fingerprint density at radius 2 is 1.25 bits per heavy atom. The third kappa shape index (κ3) is 6.01. The number of carbonyl (C=O) groups is 2. The molecule has 2 fully saturated rings. The van der Waals surface area contributed by atoms with Crippen LogP contribution in [0.4, 0.5) is 5.69 Å². The maximum Gasteiger partial charge on any atom is 0.254 e. The van der Waals surface area contributed by atoms with Crippen molar-refractivity contribution >= 4 is 17.5 Å². The van der Waals surface area contributed by atoms with Crippen molar-refractivity contribution in [2.24, 2.45) is 0 Å². The van der Waals surface area contributed by atoms with Gasteiger partial charge in [-0.3, -0.25) is 19.4 Å². The van der Waals surface area contributed by atoms with E-state index in [1.807, 2.05) is 30.3 Å². The first-order valence-electron chi connectivity index (χ1n) is 12.9. The van der Waals surface area contributed by atoms with Crippen LogP contribution >= 0.6 is 0 Å². The van der Waals surface area contributed by atoms with Crippen molar-refractivity contribution < 1.29 is 9.59 Å². The molecule has 1 unspecified atom stereocenters. The number of hydrogen-bond acceptors (Lipinski definition) is 4. The van der Waals surface area contributed by atoms with E-state index in [-0.39, 0.29) is 11.8 Å². The van der Waals surface area contributed by atoms with Gasteiger partial charge < -0.3 is 10.2 Å². The van der Waals surface area contributed by atoms with Gasteiger partial charge in [-0.15, -0.1) is 0 Å². The number of benzene rings is 3. The number of anilines is 1. The molecule has 0 saturated carbocycles. The van der Waals surface area contributed by atoms with Crippen LogP contribution in [-0.2, 0) is 17.9 Å². The van der Waals surface area contributed by atoms with Crippen molar-refractivity contribution in [3.05, 3.63) is 102 Å². The molecular weight excluding hydrogens is 448 g/mol. The molecule has 186 valence electrons. The second kappa shape index (κ2) is 11.5. The Labute approximate surface area is 213 Å². The average molecular weight is 483 g/mol. The van der Waals surface area contributed by atoms with Gasteiger partial charge in [-0.2, -0.15) is 0 Å². The second-order valence-corrected chi connectivity index (χ2v) is 9.75. The topological polar surface area (TPSA) is 55.9 Å². The molecule has 0 aliphatic carbocycles. The molecule has 0 spiro atoms. The normalized spacial score (nSPS) is 18.8. The Morgan fingerprint density at radius 3 is 1.86 bits per heavy atom. The summed E-state index contributed by atoms with van der Waals surface area (Å²) in [6.07, 6.45) is 1.53. The van der Waals surface area contributed by atoms with Crippen LogP contribution in [0.5, 0.6) is 0 Å². The Balaban J connectivity index is 1.10. The van der Waals surface area contributed by atoms with Crippen LogP contribution in [0.2, 0.25) is 0 Å². The van der Waals surface area contributed by atoms with Crippen LogP contribution in [0, 0.1) is 0 Å². The molecule has 2 amide bonds. The Hall–Kier alpha value is -3.48. The minimum absolute atomic E-state index is 0.0764. The van der Waals surface area contributed by atoms with Gasteiger partial charge in [0.1, 0.15) is 6.04 Å². The molecule has 1 atom stereocenters.